The summed E-state index contributed by atoms with van der Waals surface area (Å²) in [6.45, 7) is 11.1. The summed E-state index contributed by atoms with van der Waals surface area (Å²) >= 11 is 0. The molecule has 2 heteroatoms. The Bertz CT molecular complexity index is 306. The van der Waals surface area contributed by atoms with Crippen molar-refractivity contribution in [2.75, 3.05) is 19.6 Å². The lowest BCUT2D eigenvalue weighted by atomic mass is 9.89. The predicted molar refractivity (Wildman–Crippen MR) is 81.3 cm³/mol. The smallest absolute Gasteiger partial charge is 0.0309 e. The predicted octanol–water partition coefficient (Wildman–Crippen LogP) is 3.28. The van der Waals surface area contributed by atoms with E-state index >= 15 is 0 Å². The van der Waals surface area contributed by atoms with Crippen molar-refractivity contribution in [3.63, 3.8) is 0 Å². The Morgan fingerprint density at radius 2 is 1.95 bits per heavy atom. The number of hydrogen-bond acceptors (Lipinski definition) is 2. The lowest BCUT2D eigenvalue weighted by molar-refractivity contribution is 0.0620. The third-order valence-corrected chi connectivity index (χ3v) is 5.59. The zero-order valence-corrected chi connectivity index (χ0v) is 13.1. The maximum Gasteiger partial charge on any atom is 0.0309 e. The van der Waals surface area contributed by atoms with Gasteiger partial charge in [-0.15, -0.1) is 0 Å². The van der Waals surface area contributed by atoms with Crippen molar-refractivity contribution in [2.24, 2.45) is 17.8 Å². The molecule has 19 heavy (non-hydrogen) atoms. The SMILES string of the molecule is CC(C)CCCN1CC(C)(C2CC2)NCC1C1CC1. The van der Waals surface area contributed by atoms with Crippen LogP contribution in [0.3, 0.4) is 0 Å². The zero-order chi connectivity index (χ0) is 13.5. The van der Waals surface area contributed by atoms with E-state index < -0.39 is 0 Å². The average molecular weight is 264 g/mol. The Hall–Kier alpha value is -0.0800. The first kappa shape index (κ1) is 13.9. The van der Waals surface area contributed by atoms with Gasteiger partial charge in [-0.2, -0.15) is 0 Å². The van der Waals surface area contributed by atoms with Crippen LogP contribution in [-0.2, 0) is 0 Å². The molecule has 0 aromatic heterocycles. The molecule has 2 nitrogen and oxygen atoms in total. The molecular weight excluding hydrogens is 232 g/mol. The van der Waals surface area contributed by atoms with Gasteiger partial charge in [-0.25, -0.2) is 0 Å². The van der Waals surface area contributed by atoms with Crippen molar-refractivity contribution >= 4 is 0 Å². The van der Waals surface area contributed by atoms with Crippen LogP contribution in [0.25, 0.3) is 0 Å². The highest BCUT2D eigenvalue weighted by molar-refractivity contribution is 5.06. The molecule has 1 N–H and O–H groups in total. The van der Waals surface area contributed by atoms with Crippen molar-refractivity contribution in [1.29, 1.82) is 0 Å². The largest absolute Gasteiger partial charge is 0.308 e. The Kier molecular flexibility index (Phi) is 3.92. The second kappa shape index (κ2) is 5.37. The van der Waals surface area contributed by atoms with E-state index in [1.165, 1.54) is 58.2 Å². The second-order valence-electron chi connectivity index (χ2n) is 7.98. The lowest BCUT2D eigenvalue weighted by Gasteiger charge is -2.47. The molecule has 3 fully saturated rings. The van der Waals surface area contributed by atoms with Gasteiger partial charge in [0.2, 0.25) is 0 Å². The summed E-state index contributed by atoms with van der Waals surface area (Å²) in [5.41, 5.74) is 0.420. The average Bonchev–Trinajstić information content (AvgIpc) is 3.20. The van der Waals surface area contributed by atoms with E-state index in [0.717, 1.165) is 23.8 Å². The Morgan fingerprint density at radius 3 is 2.53 bits per heavy atom. The van der Waals surface area contributed by atoms with Gasteiger partial charge >= 0.3 is 0 Å². The molecule has 0 aromatic rings. The highest BCUT2D eigenvalue weighted by Gasteiger charge is 2.48. The van der Waals surface area contributed by atoms with Crippen LogP contribution in [0.2, 0.25) is 0 Å². The van der Waals surface area contributed by atoms with E-state index in [0.29, 0.717) is 5.54 Å². The molecule has 1 saturated heterocycles. The Labute approximate surface area is 119 Å². The number of hydrogen-bond donors (Lipinski definition) is 1. The quantitative estimate of drug-likeness (QED) is 0.792. The fraction of sp³-hybridized carbons (Fsp3) is 1.00. The van der Waals surface area contributed by atoms with Crippen LogP contribution in [-0.4, -0.2) is 36.1 Å². The molecule has 110 valence electrons. The third kappa shape index (κ3) is 3.33. The van der Waals surface area contributed by atoms with Crippen LogP contribution < -0.4 is 5.32 Å². The van der Waals surface area contributed by atoms with E-state index in [4.69, 9.17) is 0 Å². The molecule has 3 aliphatic rings. The van der Waals surface area contributed by atoms with Gasteiger partial charge in [0.15, 0.2) is 0 Å². The van der Waals surface area contributed by atoms with E-state index in [1.54, 1.807) is 0 Å². The van der Waals surface area contributed by atoms with Crippen molar-refractivity contribution in [3.05, 3.63) is 0 Å². The topological polar surface area (TPSA) is 15.3 Å². The first-order chi connectivity index (χ1) is 9.08. The van der Waals surface area contributed by atoms with Crippen molar-refractivity contribution < 1.29 is 0 Å². The maximum absolute atomic E-state index is 3.92. The van der Waals surface area contributed by atoms with Crippen LogP contribution in [0.15, 0.2) is 0 Å². The molecular formula is C17H32N2. The minimum atomic E-state index is 0.420. The van der Waals surface area contributed by atoms with Gasteiger partial charge in [0.05, 0.1) is 0 Å². The number of nitrogens with zero attached hydrogens (tertiary/aromatic N) is 1. The first-order valence-corrected chi connectivity index (χ1v) is 8.57. The van der Waals surface area contributed by atoms with Crippen LogP contribution in [0.5, 0.6) is 0 Å². The molecule has 0 bridgehead atoms. The van der Waals surface area contributed by atoms with Crippen molar-refractivity contribution in [1.82, 2.24) is 10.2 Å². The minimum Gasteiger partial charge on any atom is -0.308 e. The van der Waals surface area contributed by atoms with Gasteiger partial charge in [0, 0.05) is 24.7 Å². The molecule has 1 aliphatic heterocycles. The summed E-state index contributed by atoms with van der Waals surface area (Å²) in [7, 11) is 0. The van der Waals surface area contributed by atoms with Gasteiger partial charge < -0.3 is 5.32 Å². The van der Waals surface area contributed by atoms with Gasteiger partial charge in [0.25, 0.3) is 0 Å². The molecule has 3 rings (SSSR count). The van der Waals surface area contributed by atoms with E-state index in [9.17, 15) is 0 Å². The van der Waals surface area contributed by atoms with Crippen LogP contribution in [0.4, 0.5) is 0 Å². The van der Waals surface area contributed by atoms with E-state index in [1.807, 2.05) is 0 Å². The molecule has 0 radical (unpaired) electrons. The van der Waals surface area contributed by atoms with E-state index in [-0.39, 0.29) is 0 Å². The first-order valence-electron chi connectivity index (χ1n) is 8.57. The highest BCUT2D eigenvalue weighted by Crippen LogP contribution is 2.44. The summed E-state index contributed by atoms with van der Waals surface area (Å²) in [6, 6.07) is 0.846. The van der Waals surface area contributed by atoms with Gasteiger partial charge in [0.1, 0.15) is 0 Å². The van der Waals surface area contributed by atoms with E-state index in [2.05, 4.69) is 31.0 Å². The van der Waals surface area contributed by atoms with Crippen LogP contribution >= 0.6 is 0 Å². The fourth-order valence-corrected chi connectivity index (χ4v) is 3.95. The number of nitrogens with one attached hydrogen (secondary N) is 1. The molecule has 1 heterocycles. The second-order valence-corrected chi connectivity index (χ2v) is 7.98. The van der Waals surface area contributed by atoms with Gasteiger partial charge in [-0.1, -0.05) is 13.8 Å². The maximum atomic E-state index is 3.92. The molecule has 2 aliphatic carbocycles. The Balaban J connectivity index is 1.57. The standard InChI is InChI=1S/C17H32N2/c1-13(2)5-4-10-19-12-17(3,15-8-9-15)18-11-16(19)14-6-7-14/h13-16,18H,4-12H2,1-3H3. The van der Waals surface area contributed by atoms with Crippen LogP contribution in [0, 0.1) is 17.8 Å². The summed E-state index contributed by atoms with van der Waals surface area (Å²) < 4.78 is 0. The molecule has 0 aromatic carbocycles. The van der Waals surface area contributed by atoms with Gasteiger partial charge in [-0.05, 0) is 69.7 Å². The monoisotopic (exact) mass is 264 g/mol. The molecule has 0 amide bonds. The summed E-state index contributed by atoms with van der Waals surface area (Å²) in [5.74, 6) is 2.83. The zero-order valence-electron chi connectivity index (χ0n) is 13.1. The molecule has 2 saturated carbocycles. The van der Waals surface area contributed by atoms with Gasteiger partial charge in [-0.3, -0.25) is 4.90 Å². The third-order valence-electron chi connectivity index (χ3n) is 5.59. The molecule has 2 unspecified atom stereocenters. The van der Waals surface area contributed by atoms with Crippen LogP contribution in [0.1, 0.15) is 59.3 Å². The number of piperazine rings is 1. The number of rotatable bonds is 6. The summed E-state index contributed by atoms with van der Waals surface area (Å²) in [4.78, 5) is 2.86. The Morgan fingerprint density at radius 1 is 1.21 bits per heavy atom. The van der Waals surface area contributed by atoms with Crippen molar-refractivity contribution in [3.8, 4) is 0 Å². The molecule has 2 atom stereocenters. The van der Waals surface area contributed by atoms with Crippen molar-refractivity contribution in [2.45, 2.75) is 70.9 Å². The lowest BCUT2D eigenvalue weighted by Crippen LogP contribution is -2.64. The molecule has 0 spiro atoms. The minimum absolute atomic E-state index is 0.420. The summed E-state index contributed by atoms with van der Waals surface area (Å²) in [6.07, 6.45) is 8.65. The summed E-state index contributed by atoms with van der Waals surface area (Å²) in [5, 5.41) is 3.92. The normalized spacial score (nSPS) is 36.9. The fourth-order valence-electron chi connectivity index (χ4n) is 3.95. The highest BCUT2D eigenvalue weighted by atomic mass is 15.3.